The highest BCUT2D eigenvalue weighted by Gasteiger charge is 2.20. The number of thioether (sulfide) groups is 1. The topological polar surface area (TPSA) is 125 Å². The monoisotopic (exact) mass is 489 g/mol. The van der Waals surface area contributed by atoms with Crippen molar-refractivity contribution < 1.29 is 18.9 Å². The van der Waals surface area contributed by atoms with Crippen molar-refractivity contribution in [1.29, 1.82) is 5.26 Å². The molecule has 0 amide bonds. The van der Waals surface area contributed by atoms with E-state index in [9.17, 15) is 5.26 Å². The van der Waals surface area contributed by atoms with Crippen LogP contribution in [0.5, 0.6) is 23.0 Å². The first-order chi connectivity index (χ1) is 16.7. The number of fused-ring (bicyclic) bond motifs is 2. The zero-order valence-corrected chi connectivity index (χ0v) is 19.1. The number of hydrogen-bond acceptors (Lipinski definition) is 11. The van der Waals surface area contributed by atoms with Gasteiger partial charge in [-0.25, -0.2) is 15.0 Å². The van der Waals surface area contributed by atoms with Gasteiger partial charge in [-0.15, -0.1) is 11.3 Å². The summed E-state index contributed by atoms with van der Waals surface area (Å²) >= 11 is 2.95. The van der Waals surface area contributed by atoms with Crippen LogP contribution in [0.2, 0.25) is 0 Å². The molecule has 0 atom stereocenters. The van der Waals surface area contributed by atoms with Crippen molar-refractivity contribution in [3.05, 3.63) is 53.0 Å². The van der Waals surface area contributed by atoms with Crippen LogP contribution in [0.1, 0.15) is 11.3 Å². The highest BCUT2D eigenvalue weighted by atomic mass is 32.2. The molecule has 11 heteroatoms. The Bertz CT molecular complexity index is 1470. The largest absolute Gasteiger partial charge is 0.454 e. The molecule has 0 fully saturated rings. The van der Waals surface area contributed by atoms with Gasteiger partial charge in [0.25, 0.3) is 0 Å². The van der Waals surface area contributed by atoms with Crippen LogP contribution < -0.4 is 24.7 Å². The van der Waals surface area contributed by atoms with E-state index in [-0.39, 0.29) is 25.0 Å². The predicted octanol–water partition coefficient (Wildman–Crippen LogP) is 4.47. The Labute approximate surface area is 202 Å². The summed E-state index contributed by atoms with van der Waals surface area (Å²) in [5.41, 5.74) is 9.33. The second-order valence-electron chi connectivity index (χ2n) is 7.30. The van der Waals surface area contributed by atoms with Crippen LogP contribution in [0.3, 0.4) is 0 Å². The molecule has 2 aliphatic rings. The van der Waals surface area contributed by atoms with E-state index in [1.54, 1.807) is 23.5 Å². The molecule has 168 valence electrons. The summed E-state index contributed by atoms with van der Waals surface area (Å²) in [6.45, 7) is 0.402. The van der Waals surface area contributed by atoms with Crippen molar-refractivity contribution in [2.24, 2.45) is 0 Å². The van der Waals surface area contributed by atoms with Crippen LogP contribution in [0.25, 0.3) is 21.8 Å². The summed E-state index contributed by atoms with van der Waals surface area (Å²) in [7, 11) is 0. The summed E-state index contributed by atoms with van der Waals surface area (Å²) in [5.74, 6) is 3.40. The summed E-state index contributed by atoms with van der Waals surface area (Å²) in [5, 5.41) is 13.0. The molecule has 2 aliphatic heterocycles. The van der Waals surface area contributed by atoms with Gasteiger partial charge in [-0.05, 0) is 36.4 Å². The van der Waals surface area contributed by atoms with Gasteiger partial charge in [0, 0.05) is 22.3 Å². The smallest absolute Gasteiger partial charge is 0.231 e. The van der Waals surface area contributed by atoms with Crippen molar-refractivity contribution in [3.63, 3.8) is 0 Å². The van der Waals surface area contributed by atoms with Crippen LogP contribution in [0.4, 0.5) is 5.82 Å². The average Bonchev–Trinajstić information content (AvgIpc) is 3.62. The second kappa shape index (κ2) is 8.40. The molecule has 6 rings (SSSR count). The fourth-order valence-corrected chi connectivity index (χ4v) is 5.22. The molecular formula is C23H15N5O4S2. The van der Waals surface area contributed by atoms with E-state index in [1.165, 1.54) is 11.8 Å². The van der Waals surface area contributed by atoms with Crippen molar-refractivity contribution in [2.45, 2.75) is 10.9 Å². The number of nitriles is 1. The van der Waals surface area contributed by atoms with Crippen LogP contribution in [0, 0.1) is 11.3 Å². The quantitative estimate of drug-likeness (QED) is 0.317. The molecule has 0 saturated heterocycles. The number of hydrogen-bond donors (Lipinski definition) is 1. The van der Waals surface area contributed by atoms with Crippen molar-refractivity contribution in [2.75, 3.05) is 19.3 Å². The molecule has 0 bridgehead atoms. The van der Waals surface area contributed by atoms with Gasteiger partial charge >= 0.3 is 0 Å². The van der Waals surface area contributed by atoms with Gasteiger partial charge in [0.15, 0.2) is 28.2 Å². The van der Waals surface area contributed by atoms with E-state index in [2.05, 4.69) is 16.0 Å². The van der Waals surface area contributed by atoms with E-state index in [0.29, 0.717) is 33.7 Å². The molecule has 2 aromatic carbocycles. The fourth-order valence-electron chi connectivity index (χ4n) is 3.56. The number of ether oxygens (including phenoxy) is 4. The minimum Gasteiger partial charge on any atom is -0.454 e. The number of benzene rings is 2. The lowest BCUT2D eigenvalue weighted by Crippen LogP contribution is -2.02. The lowest BCUT2D eigenvalue weighted by molar-refractivity contribution is 0.173. The SMILES string of the molecule is N#Cc1c(N)nc(SCc2csc(-c3ccc4c(c3)OCO4)n2)nc1-c1ccc2c(c1)OCO2. The standard InChI is InChI=1S/C23H15N5O4S2/c24-7-15-20(12-1-3-16-18(5-12)31-10-29-16)27-23(28-21(15)25)34-9-14-8-33-22(26-14)13-2-4-17-19(6-13)32-11-30-17/h1-6,8H,9-11H2,(H2,25,27,28). The Kier molecular flexibility index (Phi) is 5.09. The Morgan fingerprint density at radius 2 is 1.59 bits per heavy atom. The van der Waals surface area contributed by atoms with Gasteiger partial charge in [0.05, 0.1) is 11.4 Å². The van der Waals surface area contributed by atoms with Crippen molar-refractivity contribution in [3.8, 4) is 50.9 Å². The molecule has 0 unspecified atom stereocenters. The maximum Gasteiger partial charge on any atom is 0.231 e. The number of thiazole rings is 1. The summed E-state index contributed by atoms with van der Waals surface area (Å²) in [6.07, 6.45) is 0. The number of nitrogens with two attached hydrogens (primary N) is 1. The van der Waals surface area contributed by atoms with Crippen LogP contribution >= 0.6 is 23.1 Å². The van der Waals surface area contributed by atoms with Gasteiger partial charge in [-0.2, -0.15) is 5.26 Å². The number of aromatic nitrogens is 3. The van der Waals surface area contributed by atoms with E-state index >= 15 is 0 Å². The third-order valence-corrected chi connectivity index (χ3v) is 7.02. The molecule has 0 spiro atoms. The maximum absolute atomic E-state index is 9.62. The third-order valence-electron chi connectivity index (χ3n) is 5.19. The van der Waals surface area contributed by atoms with E-state index in [4.69, 9.17) is 29.7 Å². The first-order valence-corrected chi connectivity index (χ1v) is 12.0. The molecule has 4 aromatic rings. The number of nitrogen functional groups attached to an aromatic ring is 1. The molecule has 0 saturated carbocycles. The highest BCUT2D eigenvalue weighted by molar-refractivity contribution is 7.98. The normalized spacial score (nSPS) is 13.1. The maximum atomic E-state index is 9.62. The van der Waals surface area contributed by atoms with Gasteiger partial charge < -0.3 is 24.7 Å². The molecule has 0 radical (unpaired) electrons. The number of rotatable bonds is 5. The van der Waals surface area contributed by atoms with Crippen molar-refractivity contribution >= 4 is 28.9 Å². The third kappa shape index (κ3) is 3.72. The number of nitrogens with zero attached hydrogens (tertiary/aromatic N) is 4. The highest BCUT2D eigenvalue weighted by Crippen LogP contribution is 2.39. The van der Waals surface area contributed by atoms with Crippen LogP contribution in [-0.4, -0.2) is 28.5 Å². The zero-order valence-electron chi connectivity index (χ0n) is 17.5. The Morgan fingerprint density at radius 1 is 0.912 bits per heavy atom. The lowest BCUT2D eigenvalue weighted by atomic mass is 10.1. The Hall–Kier alpha value is -4.01. The van der Waals surface area contributed by atoms with Crippen LogP contribution in [0.15, 0.2) is 46.9 Å². The molecular weight excluding hydrogens is 474 g/mol. The predicted molar refractivity (Wildman–Crippen MR) is 126 cm³/mol. The Morgan fingerprint density at radius 3 is 2.32 bits per heavy atom. The van der Waals surface area contributed by atoms with E-state index < -0.39 is 0 Å². The van der Waals surface area contributed by atoms with Gasteiger partial charge in [0.2, 0.25) is 13.6 Å². The van der Waals surface area contributed by atoms with Crippen LogP contribution in [-0.2, 0) is 5.75 Å². The van der Waals surface area contributed by atoms with E-state index in [1.807, 2.05) is 29.6 Å². The zero-order chi connectivity index (χ0) is 23.1. The van der Waals surface area contributed by atoms with Gasteiger partial charge in [-0.1, -0.05) is 11.8 Å². The summed E-state index contributed by atoms with van der Waals surface area (Å²) < 4.78 is 21.7. The minimum atomic E-state index is 0.131. The van der Waals surface area contributed by atoms with Crippen molar-refractivity contribution in [1.82, 2.24) is 15.0 Å². The molecule has 2 aromatic heterocycles. The molecule has 9 nitrogen and oxygen atoms in total. The van der Waals surface area contributed by atoms with Gasteiger partial charge in [0.1, 0.15) is 22.5 Å². The van der Waals surface area contributed by atoms with E-state index in [0.717, 1.165) is 27.8 Å². The Balaban J connectivity index is 1.24. The summed E-state index contributed by atoms with van der Waals surface area (Å²) in [6, 6.07) is 13.3. The van der Waals surface area contributed by atoms with Gasteiger partial charge in [-0.3, -0.25) is 0 Å². The fraction of sp³-hybridized carbons (Fsp3) is 0.130. The number of anilines is 1. The molecule has 4 heterocycles. The minimum absolute atomic E-state index is 0.131. The summed E-state index contributed by atoms with van der Waals surface area (Å²) in [4.78, 5) is 13.7. The molecule has 2 N–H and O–H groups in total. The average molecular weight is 490 g/mol. The first-order valence-electron chi connectivity index (χ1n) is 10.1. The lowest BCUT2D eigenvalue weighted by Gasteiger charge is -2.09. The molecule has 34 heavy (non-hydrogen) atoms. The first kappa shape index (κ1) is 20.6. The second-order valence-corrected chi connectivity index (χ2v) is 9.10. The molecule has 0 aliphatic carbocycles.